The number of nitrogens with one attached hydrogen (secondary N) is 1. The summed E-state index contributed by atoms with van der Waals surface area (Å²) in [6.07, 6.45) is 2.58. The maximum atomic E-state index is 13.6. The third-order valence-corrected chi connectivity index (χ3v) is 7.87. The first-order valence-corrected chi connectivity index (χ1v) is 13.2. The lowest BCUT2D eigenvalue weighted by Crippen LogP contribution is -2.53. The molecule has 7 nitrogen and oxygen atoms in total. The first-order valence-electron chi connectivity index (χ1n) is 13.2. The Kier molecular flexibility index (Phi) is 7.58. The number of likely N-dealkylation sites (tertiary alicyclic amines) is 1. The number of benzene rings is 2. The quantitative estimate of drug-likeness (QED) is 0.617. The molecule has 0 radical (unpaired) electrons. The van der Waals surface area contributed by atoms with Crippen molar-refractivity contribution in [3.8, 4) is 5.75 Å². The van der Waals surface area contributed by atoms with Crippen LogP contribution >= 0.6 is 0 Å². The second-order valence-electron chi connectivity index (χ2n) is 10.4. The number of hydrogen-bond acceptors (Lipinski definition) is 5. The van der Waals surface area contributed by atoms with Crippen molar-refractivity contribution < 1.29 is 14.3 Å². The molecule has 1 saturated carbocycles. The molecule has 2 heterocycles. The van der Waals surface area contributed by atoms with Crippen LogP contribution in [0.25, 0.3) is 0 Å². The number of ether oxygens (including phenoxy) is 1. The molecule has 2 aromatic carbocycles. The molecule has 0 bridgehead atoms. The van der Waals surface area contributed by atoms with Crippen LogP contribution in [0.5, 0.6) is 5.75 Å². The van der Waals surface area contributed by atoms with Gasteiger partial charge in [-0.2, -0.15) is 0 Å². The van der Waals surface area contributed by atoms with E-state index >= 15 is 0 Å². The van der Waals surface area contributed by atoms with Gasteiger partial charge < -0.3 is 19.9 Å². The first-order chi connectivity index (χ1) is 17.5. The zero-order valence-corrected chi connectivity index (χ0v) is 21.5. The molecule has 7 heteroatoms. The third kappa shape index (κ3) is 5.57. The molecule has 2 unspecified atom stereocenters. The number of hydrogen-bond donors (Lipinski definition) is 1. The Morgan fingerprint density at radius 3 is 2.53 bits per heavy atom. The molecule has 2 aromatic rings. The Morgan fingerprint density at radius 1 is 1.03 bits per heavy atom. The highest BCUT2D eigenvalue weighted by Crippen LogP contribution is 2.36. The van der Waals surface area contributed by atoms with E-state index in [0.717, 1.165) is 44.8 Å². The molecule has 1 N–H and O–H groups in total. The minimum atomic E-state index is -0.370. The van der Waals surface area contributed by atoms with Gasteiger partial charge in [0.15, 0.2) is 0 Å². The average Bonchev–Trinajstić information content (AvgIpc) is 3.67. The highest BCUT2D eigenvalue weighted by atomic mass is 16.5. The second kappa shape index (κ2) is 11.0. The topological polar surface area (TPSA) is 65.1 Å². The summed E-state index contributed by atoms with van der Waals surface area (Å²) in [4.78, 5) is 33.3. The zero-order chi connectivity index (χ0) is 25.1. The van der Waals surface area contributed by atoms with Gasteiger partial charge >= 0.3 is 0 Å². The fraction of sp³-hybridized carbons (Fsp3) is 0.517. The lowest BCUT2D eigenvalue weighted by Gasteiger charge is -2.32. The maximum absolute atomic E-state index is 13.6. The van der Waals surface area contributed by atoms with E-state index in [1.807, 2.05) is 21.9 Å². The zero-order valence-electron chi connectivity index (χ0n) is 21.5. The molecule has 2 saturated heterocycles. The largest absolute Gasteiger partial charge is 0.497 e. The van der Waals surface area contributed by atoms with Gasteiger partial charge in [0.1, 0.15) is 11.8 Å². The van der Waals surface area contributed by atoms with E-state index in [0.29, 0.717) is 26.1 Å². The molecule has 3 aliphatic rings. The number of carbonyl (C=O) groups is 2. The minimum Gasteiger partial charge on any atom is -0.497 e. The van der Waals surface area contributed by atoms with Crippen molar-refractivity contribution in [2.24, 2.45) is 5.92 Å². The van der Waals surface area contributed by atoms with Gasteiger partial charge in [0, 0.05) is 57.8 Å². The van der Waals surface area contributed by atoms with E-state index in [9.17, 15) is 9.59 Å². The third-order valence-electron chi connectivity index (χ3n) is 7.87. The maximum Gasteiger partial charge on any atom is 0.245 e. The van der Waals surface area contributed by atoms with Crippen LogP contribution in [0.1, 0.15) is 36.0 Å². The Labute approximate surface area is 214 Å². The summed E-state index contributed by atoms with van der Waals surface area (Å²) in [6, 6.07) is 16.4. The minimum absolute atomic E-state index is 0.102. The molecular formula is C29H38N4O3. The Hall–Kier alpha value is -2.90. The van der Waals surface area contributed by atoms with Gasteiger partial charge in [-0.15, -0.1) is 0 Å². The van der Waals surface area contributed by atoms with Crippen LogP contribution in [-0.4, -0.2) is 78.4 Å². The molecule has 0 spiro atoms. The summed E-state index contributed by atoms with van der Waals surface area (Å²) < 4.78 is 5.47. The van der Waals surface area contributed by atoms with Gasteiger partial charge in [-0.3, -0.25) is 14.5 Å². The standard InChI is InChI=1S/C29H38N4O3/c1-21-6-3-4-8-24(21)19-32(18-22-7-5-9-26(16-22)36-2)25-17-27(29(35)31-14-12-30-13-15-31)33(20-25)28(34)23-10-11-23/h3-9,16,23,25,27,30H,10-15,17-20H2,1-2H3. The van der Waals surface area contributed by atoms with Crippen molar-refractivity contribution in [3.05, 3.63) is 65.2 Å². The molecule has 1 aliphatic carbocycles. The first kappa shape index (κ1) is 24.8. The molecule has 2 amide bonds. The summed E-state index contributed by atoms with van der Waals surface area (Å²) >= 11 is 0. The molecule has 2 atom stereocenters. The van der Waals surface area contributed by atoms with Crippen molar-refractivity contribution in [2.45, 2.75) is 51.4 Å². The van der Waals surface area contributed by atoms with Crippen molar-refractivity contribution in [3.63, 3.8) is 0 Å². The Morgan fingerprint density at radius 2 is 1.81 bits per heavy atom. The molecular weight excluding hydrogens is 452 g/mol. The van der Waals surface area contributed by atoms with Crippen LogP contribution in [0.3, 0.4) is 0 Å². The number of piperazine rings is 1. The summed E-state index contributed by atoms with van der Waals surface area (Å²) in [7, 11) is 1.69. The predicted octanol–water partition coefficient (Wildman–Crippen LogP) is 2.82. The van der Waals surface area contributed by atoms with Gasteiger partial charge in [-0.1, -0.05) is 36.4 Å². The van der Waals surface area contributed by atoms with Crippen molar-refractivity contribution in [1.29, 1.82) is 0 Å². The number of nitrogens with zero attached hydrogens (tertiary/aromatic N) is 3. The number of carbonyl (C=O) groups excluding carboxylic acids is 2. The van der Waals surface area contributed by atoms with E-state index in [2.05, 4.69) is 53.5 Å². The van der Waals surface area contributed by atoms with Gasteiger partial charge in [0.2, 0.25) is 11.8 Å². The van der Waals surface area contributed by atoms with E-state index in [-0.39, 0.29) is 29.8 Å². The van der Waals surface area contributed by atoms with Crippen LogP contribution < -0.4 is 10.1 Å². The fourth-order valence-corrected chi connectivity index (χ4v) is 5.54. The van der Waals surface area contributed by atoms with E-state index in [1.54, 1.807) is 7.11 Å². The molecule has 0 aromatic heterocycles. The molecule has 36 heavy (non-hydrogen) atoms. The summed E-state index contributed by atoms with van der Waals surface area (Å²) in [5.41, 5.74) is 3.70. The van der Waals surface area contributed by atoms with Gasteiger partial charge in [0.25, 0.3) is 0 Å². The normalized spacial score (nSPS) is 22.2. The fourth-order valence-electron chi connectivity index (χ4n) is 5.54. The lowest BCUT2D eigenvalue weighted by molar-refractivity contribution is -0.144. The van der Waals surface area contributed by atoms with Crippen molar-refractivity contribution >= 4 is 11.8 Å². The Bertz CT molecular complexity index is 1080. The van der Waals surface area contributed by atoms with Gasteiger partial charge in [-0.25, -0.2) is 0 Å². The SMILES string of the molecule is COc1cccc(CN(Cc2ccccc2C)C2CC(C(=O)N3CCNCC3)N(C(=O)C3CC3)C2)c1. The Balaban J connectivity index is 1.41. The highest BCUT2D eigenvalue weighted by Gasteiger charge is 2.46. The number of amides is 2. The predicted molar refractivity (Wildman–Crippen MR) is 139 cm³/mol. The van der Waals surface area contributed by atoms with Crippen LogP contribution in [0.2, 0.25) is 0 Å². The van der Waals surface area contributed by atoms with Crippen LogP contribution in [0, 0.1) is 12.8 Å². The molecule has 2 aliphatic heterocycles. The van der Waals surface area contributed by atoms with E-state index in [4.69, 9.17) is 4.74 Å². The lowest BCUT2D eigenvalue weighted by atomic mass is 10.0. The number of aryl methyl sites for hydroxylation is 1. The van der Waals surface area contributed by atoms with Crippen LogP contribution in [-0.2, 0) is 22.7 Å². The number of rotatable bonds is 8. The number of methoxy groups -OCH3 is 1. The summed E-state index contributed by atoms with van der Waals surface area (Å²) in [6.45, 7) is 7.30. The van der Waals surface area contributed by atoms with Crippen LogP contribution in [0.4, 0.5) is 0 Å². The highest BCUT2D eigenvalue weighted by molar-refractivity contribution is 5.90. The van der Waals surface area contributed by atoms with Crippen LogP contribution in [0.15, 0.2) is 48.5 Å². The monoisotopic (exact) mass is 490 g/mol. The molecule has 3 fully saturated rings. The van der Waals surface area contributed by atoms with E-state index < -0.39 is 0 Å². The van der Waals surface area contributed by atoms with Crippen molar-refractivity contribution in [1.82, 2.24) is 20.0 Å². The van der Waals surface area contributed by atoms with Gasteiger partial charge in [0.05, 0.1) is 7.11 Å². The summed E-state index contributed by atoms with van der Waals surface area (Å²) in [5.74, 6) is 1.23. The molecule has 5 rings (SSSR count). The van der Waals surface area contributed by atoms with E-state index in [1.165, 1.54) is 16.7 Å². The summed E-state index contributed by atoms with van der Waals surface area (Å²) in [5, 5.41) is 3.33. The van der Waals surface area contributed by atoms with Gasteiger partial charge in [-0.05, 0) is 55.0 Å². The van der Waals surface area contributed by atoms with Crippen molar-refractivity contribution in [2.75, 3.05) is 39.8 Å². The molecule has 192 valence electrons. The second-order valence-corrected chi connectivity index (χ2v) is 10.4. The smallest absolute Gasteiger partial charge is 0.245 e. The average molecular weight is 491 g/mol.